The zero-order valence-electron chi connectivity index (χ0n) is 16.0. The Hall–Kier alpha value is -2.63. The largest absolute Gasteiger partial charge is 0.491 e. The van der Waals surface area contributed by atoms with Gasteiger partial charge in [-0.1, -0.05) is 24.3 Å². The second kappa shape index (κ2) is 8.17. The number of benzene rings is 2. The van der Waals surface area contributed by atoms with E-state index >= 15 is 0 Å². The number of aryl methyl sites for hydroxylation is 2. The summed E-state index contributed by atoms with van der Waals surface area (Å²) in [4.78, 5) is 11.5. The first-order valence-corrected chi connectivity index (χ1v) is 9.74. The first-order valence-electron chi connectivity index (χ1n) is 9.74. The monoisotopic (exact) mass is 379 g/mol. The van der Waals surface area contributed by atoms with Gasteiger partial charge < -0.3 is 19.6 Å². The Balaban J connectivity index is 1.29. The van der Waals surface area contributed by atoms with Gasteiger partial charge in [-0.3, -0.25) is 0 Å². The van der Waals surface area contributed by atoms with E-state index < -0.39 is 6.10 Å². The lowest BCUT2D eigenvalue weighted by Crippen LogP contribution is -2.40. The second-order valence-electron chi connectivity index (χ2n) is 7.49. The summed E-state index contributed by atoms with van der Waals surface area (Å²) in [6, 6.07) is 15.8. The van der Waals surface area contributed by atoms with Gasteiger partial charge in [0.2, 0.25) is 0 Å². The van der Waals surface area contributed by atoms with Crippen molar-refractivity contribution in [3.63, 3.8) is 0 Å². The Labute approximate surface area is 164 Å². The van der Waals surface area contributed by atoms with Gasteiger partial charge in [0.1, 0.15) is 24.0 Å². The highest BCUT2D eigenvalue weighted by Gasteiger charge is 2.18. The third-order valence-electron chi connectivity index (χ3n) is 5.35. The third-order valence-corrected chi connectivity index (χ3v) is 5.35. The molecule has 0 saturated heterocycles. The molecule has 0 spiro atoms. The molecule has 1 aliphatic carbocycles. The quantitative estimate of drug-likeness (QED) is 0.644. The maximum atomic E-state index is 11.5. The highest BCUT2D eigenvalue weighted by molar-refractivity contribution is 5.81. The van der Waals surface area contributed by atoms with Crippen molar-refractivity contribution in [2.45, 2.75) is 38.3 Å². The number of rotatable bonds is 6. The molecule has 5 nitrogen and oxygen atoms in total. The summed E-state index contributed by atoms with van der Waals surface area (Å²) in [5.41, 5.74) is 3.82. The van der Waals surface area contributed by atoms with Crippen molar-refractivity contribution >= 4 is 11.0 Å². The molecule has 1 aliphatic rings. The number of hydrogen-bond acceptors (Lipinski definition) is 5. The minimum Gasteiger partial charge on any atom is -0.491 e. The Bertz CT molecular complexity index is 1030. The van der Waals surface area contributed by atoms with E-state index in [9.17, 15) is 9.90 Å². The number of aliphatic hydroxyl groups excluding tert-OH is 1. The van der Waals surface area contributed by atoms with Crippen LogP contribution in [-0.2, 0) is 12.8 Å². The van der Waals surface area contributed by atoms with Crippen LogP contribution in [-0.4, -0.2) is 30.4 Å². The Kier molecular flexibility index (Phi) is 5.46. The van der Waals surface area contributed by atoms with E-state index in [2.05, 4.69) is 29.6 Å². The van der Waals surface area contributed by atoms with Gasteiger partial charge in [0.15, 0.2) is 0 Å². The van der Waals surface area contributed by atoms with Crippen molar-refractivity contribution < 1.29 is 14.3 Å². The molecule has 0 amide bonds. The predicted molar refractivity (Wildman–Crippen MR) is 109 cm³/mol. The van der Waals surface area contributed by atoms with Crippen LogP contribution in [0.25, 0.3) is 11.0 Å². The van der Waals surface area contributed by atoms with Gasteiger partial charge in [0.25, 0.3) is 0 Å². The van der Waals surface area contributed by atoms with Crippen LogP contribution in [0.1, 0.15) is 23.1 Å². The average Bonchev–Trinajstić information content (AvgIpc) is 2.70. The molecule has 1 heterocycles. The highest BCUT2D eigenvalue weighted by Crippen LogP contribution is 2.23. The summed E-state index contributed by atoms with van der Waals surface area (Å²) in [6.45, 7) is 2.53. The smallest absolute Gasteiger partial charge is 0.336 e. The minimum atomic E-state index is -0.614. The molecule has 0 saturated carbocycles. The fraction of sp³-hybridized carbons (Fsp3) is 0.348. The van der Waals surface area contributed by atoms with Crippen molar-refractivity contribution in [2.75, 3.05) is 13.2 Å². The maximum absolute atomic E-state index is 11.5. The number of hydrogen-bond donors (Lipinski definition) is 2. The molecule has 0 bridgehead atoms. The van der Waals surface area contributed by atoms with Gasteiger partial charge >= 0.3 is 5.63 Å². The molecule has 4 rings (SSSR count). The van der Waals surface area contributed by atoms with Gasteiger partial charge in [-0.15, -0.1) is 0 Å². The van der Waals surface area contributed by atoms with E-state index in [1.165, 1.54) is 17.2 Å². The van der Waals surface area contributed by atoms with Crippen LogP contribution < -0.4 is 15.7 Å². The molecule has 28 heavy (non-hydrogen) atoms. The third kappa shape index (κ3) is 4.26. The zero-order valence-corrected chi connectivity index (χ0v) is 16.0. The minimum absolute atomic E-state index is 0.178. The van der Waals surface area contributed by atoms with Crippen LogP contribution in [0.2, 0.25) is 0 Å². The zero-order chi connectivity index (χ0) is 19.5. The molecule has 2 unspecified atom stereocenters. The van der Waals surface area contributed by atoms with E-state index in [1.54, 1.807) is 6.07 Å². The Morgan fingerprint density at radius 2 is 2.04 bits per heavy atom. The van der Waals surface area contributed by atoms with Gasteiger partial charge in [0, 0.05) is 30.1 Å². The lowest BCUT2D eigenvalue weighted by molar-refractivity contribution is 0.103. The number of ether oxygens (including phenoxy) is 1. The van der Waals surface area contributed by atoms with E-state index in [-0.39, 0.29) is 12.2 Å². The summed E-state index contributed by atoms with van der Waals surface area (Å²) in [6.07, 6.45) is 2.53. The number of fused-ring (bicyclic) bond motifs is 2. The molecule has 2 N–H and O–H groups in total. The molecule has 0 aliphatic heterocycles. The predicted octanol–water partition coefficient (Wildman–Crippen LogP) is 2.99. The van der Waals surface area contributed by atoms with Crippen LogP contribution in [0.4, 0.5) is 0 Å². The molecular weight excluding hydrogens is 354 g/mol. The van der Waals surface area contributed by atoms with Gasteiger partial charge in [-0.05, 0) is 55.0 Å². The van der Waals surface area contributed by atoms with Crippen LogP contribution in [0.5, 0.6) is 5.75 Å². The summed E-state index contributed by atoms with van der Waals surface area (Å²) in [5, 5.41) is 14.6. The maximum Gasteiger partial charge on any atom is 0.336 e. The van der Waals surface area contributed by atoms with E-state index in [0.29, 0.717) is 23.9 Å². The summed E-state index contributed by atoms with van der Waals surface area (Å²) < 4.78 is 10.9. The summed E-state index contributed by atoms with van der Waals surface area (Å²) >= 11 is 0. The lowest BCUT2D eigenvalue weighted by atomic mass is 9.88. The highest BCUT2D eigenvalue weighted by atomic mass is 16.5. The average molecular weight is 379 g/mol. The van der Waals surface area contributed by atoms with E-state index in [1.807, 2.05) is 19.1 Å². The fourth-order valence-corrected chi connectivity index (χ4v) is 3.82. The van der Waals surface area contributed by atoms with Crippen LogP contribution >= 0.6 is 0 Å². The van der Waals surface area contributed by atoms with Gasteiger partial charge in [-0.25, -0.2) is 4.79 Å². The molecular formula is C23H25NO4. The first kappa shape index (κ1) is 18.7. The van der Waals surface area contributed by atoms with E-state index in [4.69, 9.17) is 9.15 Å². The summed E-state index contributed by atoms with van der Waals surface area (Å²) in [5.74, 6) is 0.576. The van der Waals surface area contributed by atoms with Crippen molar-refractivity contribution in [2.24, 2.45) is 0 Å². The van der Waals surface area contributed by atoms with Crippen LogP contribution in [0.3, 0.4) is 0 Å². The SMILES string of the molecule is Cc1cc(=O)oc2cc(OCC(O)CNC3CCc4ccccc4C3)ccc12. The van der Waals surface area contributed by atoms with Crippen molar-refractivity contribution in [1.29, 1.82) is 0 Å². The molecule has 146 valence electrons. The standard InChI is InChI=1S/C23H25NO4/c1-15-10-23(26)28-22-12-20(8-9-21(15)22)27-14-19(25)13-24-18-7-6-16-4-2-3-5-17(16)11-18/h2-5,8-10,12,18-19,24-25H,6-7,11,13-14H2,1H3. The normalized spacial score (nSPS) is 17.3. The van der Waals surface area contributed by atoms with Gasteiger partial charge in [0.05, 0.1) is 0 Å². The molecule has 2 atom stereocenters. The molecule has 0 radical (unpaired) electrons. The summed E-state index contributed by atoms with van der Waals surface area (Å²) in [7, 11) is 0. The van der Waals surface area contributed by atoms with Crippen LogP contribution in [0, 0.1) is 6.92 Å². The van der Waals surface area contributed by atoms with Crippen LogP contribution in [0.15, 0.2) is 57.7 Å². The first-order chi connectivity index (χ1) is 13.6. The Morgan fingerprint density at radius 1 is 1.21 bits per heavy atom. The van der Waals surface area contributed by atoms with Crippen molar-refractivity contribution in [3.8, 4) is 5.75 Å². The van der Waals surface area contributed by atoms with Crippen molar-refractivity contribution in [3.05, 3.63) is 75.6 Å². The molecule has 1 aromatic heterocycles. The van der Waals surface area contributed by atoms with Crippen molar-refractivity contribution in [1.82, 2.24) is 5.32 Å². The van der Waals surface area contributed by atoms with E-state index in [0.717, 1.165) is 30.2 Å². The second-order valence-corrected chi connectivity index (χ2v) is 7.49. The number of aliphatic hydroxyl groups is 1. The topological polar surface area (TPSA) is 71.7 Å². The fourth-order valence-electron chi connectivity index (χ4n) is 3.82. The Morgan fingerprint density at radius 3 is 2.89 bits per heavy atom. The lowest BCUT2D eigenvalue weighted by Gasteiger charge is -2.26. The molecule has 2 aromatic carbocycles. The molecule has 5 heteroatoms. The molecule has 0 fully saturated rings. The number of nitrogens with one attached hydrogen (secondary N) is 1. The molecule has 3 aromatic rings. The van der Waals surface area contributed by atoms with Gasteiger partial charge in [-0.2, -0.15) is 0 Å².